The molecule has 164 valence electrons. The van der Waals surface area contributed by atoms with E-state index in [1.807, 2.05) is 0 Å². The molecule has 9 nitrogen and oxygen atoms in total. The lowest BCUT2D eigenvalue weighted by atomic mass is 9.99. The summed E-state index contributed by atoms with van der Waals surface area (Å²) in [6, 6.07) is 2.66. The van der Waals surface area contributed by atoms with Crippen molar-refractivity contribution in [1.82, 2.24) is 5.32 Å². The van der Waals surface area contributed by atoms with Gasteiger partial charge >= 0.3 is 18.4 Å². The van der Waals surface area contributed by atoms with E-state index in [-0.39, 0.29) is 42.3 Å². The first-order valence-corrected chi connectivity index (χ1v) is 9.12. The Bertz CT molecular complexity index is 884. The molecule has 1 saturated heterocycles. The Morgan fingerprint density at radius 2 is 1.97 bits per heavy atom. The maximum absolute atomic E-state index is 13.4. The van der Waals surface area contributed by atoms with Crippen molar-refractivity contribution in [2.45, 2.75) is 44.6 Å². The maximum atomic E-state index is 13.4. The van der Waals surface area contributed by atoms with E-state index < -0.39 is 29.5 Å². The van der Waals surface area contributed by atoms with Gasteiger partial charge in [0, 0.05) is 13.0 Å². The van der Waals surface area contributed by atoms with Gasteiger partial charge in [-0.25, -0.2) is 9.59 Å². The summed E-state index contributed by atoms with van der Waals surface area (Å²) >= 11 is 0. The van der Waals surface area contributed by atoms with E-state index in [1.54, 1.807) is 25.7 Å². The van der Waals surface area contributed by atoms with Gasteiger partial charge in [0.25, 0.3) is 0 Å². The molecule has 3 rings (SSSR count). The molecule has 2 aliphatic heterocycles. The van der Waals surface area contributed by atoms with E-state index in [1.165, 1.54) is 19.2 Å². The predicted molar refractivity (Wildman–Crippen MR) is 99.0 cm³/mol. The van der Waals surface area contributed by atoms with Crippen LogP contribution < -0.4 is 19.7 Å². The third kappa shape index (κ3) is 4.10. The highest BCUT2D eigenvalue weighted by atomic mass is 19.3. The highest BCUT2D eigenvalue weighted by molar-refractivity contribution is 5.92. The summed E-state index contributed by atoms with van der Waals surface area (Å²) in [6.45, 7) is 5.18. The first-order chi connectivity index (χ1) is 13.9. The van der Waals surface area contributed by atoms with Gasteiger partial charge in [0.05, 0.1) is 24.9 Å². The molecule has 0 aliphatic carbocycles. The van der Waals surface area contributed by atoms with Crippen LogP contribution in [0.3, 0.4) is 0 Å². The molecule has 1 aromatic rings. The molecule has 0 spiro atoms. The number of benzene rings is 1. The maximum Gasteiger partial charge on any atom is 0.586 e. The number of aldehydes is 1. The zero-order valence-corrected chi connectivity index (χ0v) is 16.9. The normalized spacial score (nSPS) is 21.9. The van der Waals surface area contributed by atoms with Crippen LogP contribution in [-0.2, 0) is 14.3 Å². The molecule has 1 fully saturated rings. The molecule has 2 heterocycles. The molecule has 11 heteroatoms. The Kier molecular flexibility index (Phi) is 5.25. The third-order valence-corrected chi connectivity index (χ3v) is 4.63. The number of hydrogen-bond acceptors (Lipinski definition) is 8. The van der Waals surface area contributed by atoms with Gasteiger partial charge in [0.2, 0.25) is 0 Å². The van der Waals surface area contributed by atoms with Crippen LogP contribution in [0.25, 0.3) is 0 Å². The minimum atomic E-state index is -3.88. The summed E-state index contributed by atoms with van der Waals surface area (Å²) in [4.78, 5) is 38.1. The molecule has 1 aromatic carbocycles. The molecular formula is C19H22F2N2O7. The van der Waals surface area contributed by atoms with Gasteiger partial charge in [-0.05, 0) is 32.9 Å². The van der Waals surface area contributed by atoms with E-state index in [0.717, 1.165) is 0 Å². The van der Waals surface area contributed by atoms with Crippen molar-refractivity contribution < 1.29 is 42.1 Å². The number of anilines is 1. The van der Waals surface area contributed by atoms with Crippen LogP contribution in [0.4, 0.5) is 19.3 Å². The van der Waals surface area contributed by atoms with Crippen molar-refractivity contribution in [2.75, 3.05) is 25.1 Å². The molecule has 0 radical (unpaired) electrons. The lowest BCUT2D eigenvalue weighted by Gasteiger charge is -2.30. The van der Waals surface area contributed by atoms with Crippen LogP contribution in [0.1, 0.15) is 37.6 Å². The number of alkyl halides is 2. The number of fused-ring (bicyclic) bond motifs is 1. The first kappa shape index (κ1) is 21.6. The fourth-order valence-electron chi connectivity index (χ4n) is 3.44. The number of carbonyl (C=O) groups is 3. The zero-order valence-electron chi connectivity index (χ0n) is 16.9. The second kappa shape index (κ2) is 7.29. The van der Waals surface area contributed by atoms with Gasteiger partial charge in [-0.3, -0.25) is 4.79 Å². The highest BCUT2D eigenvalue weighted by Gasteiger charge is 2.50. The number of ether oxygens (including phenoxy) is 4. The van der Waals surface area contributed by atoms with Gasteiger partial charge in [-0.2, -0.15) is 0 Å². The monoisotopic (exact) mass is 428 g/mol. The standard InChI is InChI=1S/C19H22F2N2O7/c1-17(2,3)30-16(26)22-18(15(25)27-4)7-8-23(10-18)12-5-6-13-14(11(12)9-24)29-19(20,21)28-13/h5-6,9H,7-8,10H2,1-4H3,(H,22,26)/t18-/m1/s1. The van der Waals surface area contributed by atoms with E-state index >= 15 is 0 Å². The fourth-order valence-corrected chi connectivity index (χ4v) is 3.44. The van der Waals surface area contributed by atoms with Gasteiger partial charge in [0.1, 0.15) is 5.60 Å². The van der Waals surface area contributed by atoms with Crippen LogP contribution in [0, 0.1) is 0 Å². The molecule has 2 aliphatic rings. The van der Waals surface area contributed by atoms with Crippen LogP contribution in [-0.4, -0.2) is 56.0 Å². The van der Waals surface area contributed by atoms with Crippen molar-refractivity contribution >= 4 is 24.0 Å². The molecule has 0 unspecified atom stereocenters. The molecule has 30 heavy (non-hydrogen) atoms. The second-order valence-electron chi connectivity index (χ2n) is 7.98. The Morgan fingerprint density at radius 3 is 2.57 bits per heavy atom. The van der Waals surface area contributed by atoms with Crippen molar-refractivity contribution in [3.8, 4) is 11.5 Å². The SMILES string of the molecule is COC(=O)[C@@]1(NC(=O)OC(C)(C)C)CCN(c2ccc3c(c2C=O)OC(F)(F)O3)C1. The number of esters is 1. The van der Waals surface area contributed by atoms with Crippen LogP contribution in [0.2, 0.25) is 0 Å². The molecule has 1 N–H and O–H groups in total. The summed E-state index contributed by atoms with van der Waals surface area (Å²) in [6.07, 6.45) is -4.17. The Morgan fingerprint density at radius 1 is 1.27 bits per heavy atom. The average molecular weight is 428 g/mol. The summed E-state index contributed by atoms with van der Waals surface area (Å²) < 4.78 is 45.8. The smallest absolute Gasteiger partial charge is 0.467 e. The minimum Gasteiger partial charge on any atom is -0.467 e. The summed E-state index contributed by atoms with van der Waals surface area (Å²) in [5.74, 6) is -1.35. The Labute approximate surface area is 171 Å². The number of nitrogens with zero attached hydrogens (tertiary/aromatic N) is 1. The number of alkyl carbamates (subject to hydrolysis) is 1. The van der Waals surface area contributed by atoms with Gasteiger partial charge in [-0.15, -0.1) is 8.78 Å². The van der Waals surface area contributed by atoms with E-state index in [9.17, 15) is 23.2 Å². The van der Waals surface area contributed by atoms with Crippen LogP contribution >= 0.6 is 0 Å². The van der Waals surface area contributed by atoms with Crippen molar-refractivity contribution in [3.63, 3.8) is 0 Å². The Hall–Kier alpha value is -3.11. The number of nitrogens with one attached hydrogen (secondary N) is 1. The molecular weight excluding hydrogens is 406 g/mol. The van der Waals surface area contributed by atoms with Crippen LogP contribution in [0.15, 0.2) is 12.1 Å². The second-order valence-corrected chi connectivity index (χ2v) is 7.98. The van der Waals surface area contributed by atoms with Crippen molar-refractivity contribution in [2.24, 2.45) is 0 Å². The molecule has 1 amide bonds. The number of amides is 1. The van der Waals surface area contributed by atoms with E-state index in [2.05, 4.69) is 14.8 Å². The summed E-state index contributed by atoms with van der Waals surface area (Å²) in [7, 11) is 1.18. The molecule has 1 atom stereocenters. The number of rotatable bonds is 4. The molecule has 0 aromatic heterocycles. The van der Waals surface area contributed by atoms with Gasteiger partial charge < -0.3 is 29.2 Å². The van der Waals surface area contributed by atoms with Crippen molar-refractivity contribution in [1.29, 1.82) is 0 Å². The lowest BCUT2D eigenvalue weighted by molar-refractivity contribution is -0.286. The largest absolute Gasteiger partial charge is 0.586 e. The van der Waals surface area contributed by atoms with Gasteiger partial charge in [-0.1, -0.05) is 0 Å². The summed E-state index contributed by atoms with van der Waals surface area (Å²) in [5.41, 5.74) is -2.13. The summed E-state index contributed by atoms with van der Waals surface area (Å²) in [5, 5.41) is 2.56. The predicted octanol–water partition coefficient (Wildman–Crippen LogP) is 2.47. The zero-order chi connectivity index (χ0) is 22.3. The average Bonchev–Trinajstić information content (AvgIpc) is 3.18. The number of methoxy groups -OCH3 is 1. The Balaban J connectivity index is 1.89. The minimum absolute atomic E-state index is 0.0736. The first-order valence-electron chi connectivity index (χ1n) is 9.12. The lowest BCUT2D eigenvalue weighted by Crippen LogP contribution is -2.57. The van der Waals surface area contributed by atoms with Crippen LogP contribution in [0.5, 0.6) is 11.5 Å². The van der Waals surface area contributed by atoms with E-state index in [0.29, 0.717) is 6.29 Å². The molecule has 0 bridgehead atoms. The van der Waals surface area contributed by atoms with E-state index in [4.69, 9.17) is 9.47 Å². The topological polar surface area (TPSA) is 103 Å². The number of carbonyl (C=O) groups excluding carboxylic acids is 3. The molecule has 0 saturated carbocycles. The number of halogens is 2. The third-order valence-electron chi connectivity index (χ3n) is 4.63. The number of hydrogen-bond donors (Lipinski definition) is 1. The van der Waals surface area contributed by atoms with Crippen molar-refractivity contribution in [3.05, 3.63) is 17.7 Å². The fraction of sp³-hybridized carbons (Fsp3) is 0.526. The van der Waals surface area contributed by atoms with Gasteiger partial charge in [0.15, 0.2) is 23.3 Å². The highest BCUT2D eigenvalue weighted by Crippen LogP contribution is 2.46. The quantitative estimate of drug-likeness (QED) is 0.576.